The van der Waals surface area contributed by atoms with Crippen molar-refractivity contribution in [2.75, 3.05) is 31.9 Å². The van der Waals surface area contributed by atoms with E-state index in [0.29, 0.717) is 16.1 Å². The van der Waals surface area contributed by atoms with Gasteiger partial charge in [-0.1, -0.05) is 48.0 Å². The SMILES string of the molecule is CC(C)(C)OC(=O)N1CCN(C(=O)OCc2ccccc2)CC(n2c(N)nc3cccc(Cl)c32)C1. The Kier molecular flexibility index (Phi) is 7.07. The van der Waals surface area contributed by atoms with Crippen LogP contribution >= 0.6 is 11.6 Å². The Labute approximate surface area is 209 Å². The highest BCUT2D eigenvalue weighted by Crippen LogP contribution is 2.31. The number of aromatic nitrogens is 2. The number of nitrogens with two attached hydrogens (primary N) is 1. The minimum Gasteiger partial charge on any atom is -0.445 e. The van der Waals surface area contributed by atoms with Crippen LogP contribution in [0.3, 0.4) is 0 Å². The van der Waals surface area contributed by atoms with Crippen molar-refractivity contribution < 1.29 is 19.1 Å². The fourth-order valence-corrected chi connectivity index (χ4v) is 4.38. The number of amides is 2. The molecule has 1 aliphatic rings. The van der Waals surface area contributed by atoms with Crippen LogP contribution in [0.2, 0.25) is 5.02 Å². The van der Waals surface area contributed by atoms with Crippen LogP contribution in [0.15, 0.2) is 48.5 Å². The summed E-state index contributed by atoms with van der Waals surface area (Å²) in [4.78, 5) is 33.6. The monoisotopic (exact) mass is 499 g/mol. The van der Waals surface area contributed by atoms with E-state index in [9.17, 15) is 9.59 Å². The van der Waals surface area contributed by atoms with E-state index in [-0.39, 0.29) is 38.7 Å². The second-order valence-electron chi connectivity index (χ2n) is 9.51. The molecule has 1 fully saturated rings. The first kappa shape index (κ1) is 24.7. The van der Waals surface area contributed by atoms with Crippen LogP contribution < -0.4 is 5.73 Å². The van der Waals surface area contributed by atoms with Gasteiger partial charge < -0.3 is 29.6 Å². The molecule has 0 spiro atoms. The Bertz CT molecular complexity index is 1210. The summed E-state index contributed by atoms with van der Waals surface area (Å²) in [6, 6.07) is 14.4. The fourth-order valence-electron chi connectivity index (χ4n) is 4.12. The van der Waals surface area contributed by atoms with Crippen molar-refractivity contribution in [3.63, 3.8) is 0 Å². The largest absolute Gasteiger partial charge is 0.445 e. The number of para-hydroxylation sites is 1. The Balaban J connectivity index is 1.63. The molecule has 3 aromatic rings. The van der Waals surface area contributed by atoms with Gasteiger partial charge in [0.25, 0.3) is 0 Å². The van der Waals surface area contributed by atoms with E-state index in [4.69, 9.17) is 26.8 Å². The second-order valence-corrected chi connectivity index (χ2v) is 9.92. The van der Waals surface area contributed by atoms with Gasteiger partial charge in [0.15, 0.2) is 0 Å². The Morgan fingerprint density at radius 1 is 1.03 bits per heavy atom. The molecule has 35 heavy (non-hydrogen) atoms. The summed E-state index contributed by atoms with van der Waals surface area (Å²) in [6.07, 6.45) is -0.935. The number of imidazole rings is 1. The smallest absolute Gasteiger partial charge is 0.410 e. The zero-order chi connectivity index (χ0) is 25.2. The summed E-state index contributed by atoms with van der Waals surface area (Å²) >= 11 is 6.51. The zero-order valence-electron chi connectivity index (χ0n) is 20.1. The topological polar surface area (TPSA) is 103 Å². The van der Waals surface area contributed by atoms with Crippen molar-refractivity contribution in [3.05, 3.63) is 59.1 Å². The molecule has 0 saturated carbocycles. The van der Waals surface area contributed by atoms with Crippen LogP contribution in [0.1, 0.15) is 32.4 Å². The predicted molar refractivity (Wildman–Crippen MR) is 134 cm³/mol. The molecule has 10 heteroatoms. The number of carbonyl (C=O) groups excluding carboxylic acids is 2. The van der Waals surface area contributed by atoms with Gasteiger partial charge in [0.1, 0.15) is 12.2 Å². The number of benzene rings is 2. The highest BCUT2D eigenvalue weighted by Gasteiger charge is 2.33. The van der Waals surface area contributed by atoms with Crippen molar-refractivity contribution >= 4 is 40.8 Å². The second kappa shape index (κ2) is 10.0. The summed E-state index contributed by atoms with van der Waals surface area (Å²) in [6.45, 7) is 6.68. The number of hydrogen-bond acceptors (Lipinski definition) is 6. The van der Waals surface area contributed by atoms with E-state index >= 15 is 0 Å². The molecule has 2 N–H and O–H groups in total. The van der Waals surface area contributed by atoms with E-state index in [0.717, 1.165) is 5.56 Å². The average Bonchev–Trinajstić information content (AvgIpc) is 2.99. The molecule has 1 aromatic heterocycles. The van der Waals surface area contributed by atoms with Crippen LogP contribution in [0.5, 0.6) is 0 Å². The molecule has 0 bridgehead atoms. The van der Waals surface area contributed by atoms with E-state index in [1.54, 1.807) is 26.5 Å². The third-order valence-corrected chi connectivity index (χ3v) is 5.98. The first-order chi connectivity index (χ1) is 16.6. The predicted octanol–water partition coefficient (Wildman–Crippen LogP) is 4.70. The lowest BCUT2D eigenvalue weighted by atomic mass is 10.2. The van der Waals surface area contributed by atoms with Gasteiger partial charge in [-0.05, 0) is 38.5 Å². The van der Waals surface area contributed by atoms with Gasteiger partial charge in [0, 0.05) is 26.2 Å². The average molecular weight is 500 g/mol. The molecule has 1 atom stereocenters. The van der Waals surface area contributed by atoms with E-state index in [1.165, 1.54) is 0 Å². The molecule has 1 saturated heterocycles. The molecule has 4 rings (SSSR count). The van der Waals surface area contributed by atoms with Crippen molar-refractivity contribution in [2.45, 2.75) is 39.0 Å². The molecule has 2 aromatic carbocycles. The molecule has 1 aliphatic heterocycles. The highest BCUT2D eigenvalue weighted by molar-refractivity contribution is 6.35. The number of nitrogen functional groups attached to an aromatic ring is 1. The number of fused-ring (bicyclic) bond motifs is 1. The lowest BCUT2D eigenvalue weighted by Gasteiger charge is -2.29. The third kappa shape index (κ3) is 5.79. The van der Waals surface area contributed by atoms with Gasteiger partial charge in [-0.25, -0.2) is 14.6 Å². The maximum Gasteiger partial charge on any atom is 0.410 e. The maximum atomic E-state index is 13.0. The number of halogens is 1. The van der Waals surface area contributed by atoms with Crippen LogP contribution in [0.4, 0.5) is 15.5 Å². The minimum absolute atomic E-state index is 0.151. The molecular weight excluding hydrogens is 470 g/mol. The van der Waals surface area contributed by atoms with Crippen LogP contribution in [-0.2, 0) is 16.1 Å². The summed E-state index contributed by atoms with van der Waals surface area (Å²) in [5, 5.41) is 0.484. The van der Waals surface area contributed by atoms with Crippen LogP contribution in [-0.4, -0.2) is 63.3 Å². The maximum absolute atomic E-state index is 13.0. The van der Waals surface area contributed by atoms with Gasteiger partial charge in [0.2, 0.25) is 5.95 Å². The lowest BCUT2D eigenvalue weighted by molar-refractivity contribution is 0.0241. The third-order valence-electron chi connectivity index (χ3n) is 5.67. The van der Waals surface area contributed by atoms with Crippen LogP contribution in [0.25, 0.3) is 11.0 Å². The summed E-state index contributed by atoms with van der Waals surface area (Å²) in [5.74, 6) is 0.252. The first-order valence-electron chi connectivity index (χ1n) is 11.5. The molecule has 9 nitrogen and oxygen atoms in total. The van der Waals surface area contributed by atoms with E-state index in [2.05, 4.69) is 4.98 Å². The zero-order valence-corrected chi connectivity index (χ0v) is 20.9. The highest BCUT2D eigenvalue weighted by atomic mass is 35.5. The number of anilines is 1. The molecule has 1 unspecified atom stereocenters. The summed E-state index contributed by atoms with van der Waals surface area (Å²) in [5.41, 5.74) is 7.83. The van der Waals surface area contributed by atoms with Gasteiger partial charge in [-0.3, -0.25) is 0 Å². The summed E-state index contributed by atoms with van der Waals surface area (Å²) < 4.78 is 13.0. The fraction of sp³-hybridized carbons (Fsp3) is 0.400. The summed E-state index contributed by atoms with van der Waals surface area (Å²) in [7, 11) is 0. The van der Waals surface area contributed by atoms with E-state index in [1.807, 2.05) is 57.2 Å². The van der Waals surface area contributed by atoms with Gasteiger partial charge in [-0.15, -0.1) is 0 Å². The quantitative estimate of drug-likeness (QED) is 0.560. The Hall–Kier alpha value is -3.46. The Morgan fingerprint density at radius 3 is 2.34 bits per heavy atom. The van der Waals surface area contributed by atoms with E-state index < -0.39 is 23.8 Å². The number of rotatable bonds is 3. The number of hydrogen-bond donors (Lipinski definition) is 1. The Morgan fingerprint density at radius 2 is 1.69 bits per heavy atom. The van der Waals surface area contributed by atoms with Crippen molar-refractivity contribution in [3.8, 4) is 0 Å². The molecule has 2 heterocycles. The van der Waals surface area contributed by atoms with Gasteiger partial charge in [0.05, 0.1) is 22.1 Å². The number of nitrogens with zero attached hydrogens (tertiary/aromatic N) is 4. The first-order valence-corrected chi connectivity index (χ1v) is 11.9. The standard InChI is InChI=1S/C25H30ClN5O4/c1-25(2,3)35-24(33)30-13-12-29(23(32)34-16-17-8-5-4-6-9-17)14-18(15-30)31-21-19(26)10-7-11-20(21)28-22(31)27/h4-11,18H,12-16H2,1-3H3,(H2,27,28). The molecule has 186 valence electrons. The number of ether oxygens (including phenoxy) is 2. The van der Waals surface area contributed by atoms with Crippen molar-refractivity contribution in [2.24, 2.45) is 0 Å². The molecule has 0 radical (unpaired) electrons. The van der Waals surface area contributed by atoms with Gasteiger partial charge >= 0.3 is 12.2 Å². The lowest BCUT2D eigenvalue weighted by Crippen LogP contribution is -2.40. The number of carbonyl (C=O) groups is 2. The molecule has 2 amide bonds. The normalized spacial score (nSPS) is 16.7. The van der Waals surface area contributed by atoms with Crippen LogP contribution in [0, 0.1) is 0 Å². The van der Waals surface area contributed by atoms with Gasteiger partial charge in [-0.2, -0.15) is 0 Å². The molecular formula is C25H30ClN5O4. The van der Waals surface area contributed by atoms with Crippen molar-refractivity contribution in [1.29, 1.82) is 0 Å². The minimum atomic E-state index is -0.656. The molecule has 0 aliphatic carbocycles. The van der Waals surface area contributed by atoms with Crippen molar-refractivity contribution in [1.82, 2.24) is 19.4 Å².